The van der Waals surface area contributed by atoms with E-state index in [9.17, 15) is 4.79 Å². The highest BCUT2D eigenvalue weighted by Crippen LogP contribution is 2.27. The quantitative estimate of drug-likeness (QED) is 0.767. The summed E-state index contributed by atoms with van der Waals surface area (Å²) in [7, 11) is 0. The van der Waals surface area contributed by atoms with Gasteiger partial charge in [0, 0.05) is 18.3 Å². The standard InChI is InChI=1S/C20H21NO/c1-15(2)17-10-7-16(8-11-17)9-12-20(22)21-14-13-18-5-3-4-6-19(18)21/h3-12,15H,13-14H2,1-2H3/b12-9+. The Bertz CT molecular complexity index is 698. The van der Waals surface area contributed by atoms with E-state index in [4.69, 9.17) is 0 Å². The summed E-state index contributed by atoms with van der Waals surface area (Å²) in [6.07, 6.45) is 4.51. The molecule has 0 saturated heterocycles. The lowest BCUT2D eigenvalue weighted by Gasteiger charge is -2.14. The minimum absolute atomic E-state index is 0.0536. The molecule has 1 amide bonds. The minimum Gasteiger partial charge on any atom is -0.308 e. The first-order chi connectivity index (χ1) is 10.6. The molecular weight excluding hydrogens is 270 g/mol. The van der Waals surface area contributed by atoms with Gasteiger partial charge in [-0.15, -0.1) is 0 Å². The molecule has 112 valence electrons. The molecular formula is C20H21NO. The number of hydrogen-bond acceptors (Lipinski definition) is 1. The average molecular weight is 291 g/mol. The van der Waals surface area contributed by atoms with Gasteiger partial charge >= 0.3 is 0 Å². The zero-order valence-electron chi connectivity index (χ0n) is 13.1. The van der Waals surface area contributed by atoms with Gasteiger partial charge in [-0.05, 0) is 41.2 Å². The molecule has 0 aromatic heterocycles. The molecule has 1 heterocycles. The number of para-hydroxylation sites is 1. The molecule has 0 radical (unpaired) electrons. The van der Waals surface area contributed by atoms with Crippen molar-refractivity contribution in [3.63, 3.8) is 0 Å². The smallest absolute Gasteiger partial charge is 0.251 e. The van der Waals surface area contributed by atoms with Crippen LogP contribution >= 0.6 is 0 Å². The summed E-state index contributed by atoms with van der Waals surface area (Å²) in [4.78, 5) is 14.3. The van der Waals surface area contributed by atoms with E-state index in [0.717, 1.165) is 24.2 Å². The third-order valence-electron chi connectivity index (χ3n) is 4.17. The fourth-order valence-corrected chi connectivity index (χ4v) is 2.82. The van der Waals surface area contributed by atoms with Gasteiger partial charge in [0.25, 0.3) is 5.91 Å². The van der Waals surface area contributed by atoms with Crippen LogP contribution < -0.4 is 4.90 Å². The van der Waals surface area contributed by atoms with Gasteiger partial charge in [-0.1, -0.05) is 56.3 Å². The van der Waals surface area contributed by atoms with E-state index >= 15 is 0 Å². The lowest BCUT2D eigenvalue weighted by molar-refractivity contribution is -0.114. The highest BCUT2D eigenvalue weighted by molar-refractivity contribution is 6.05. The van der Waals surface area contributed by atoms with Gasteiger partial charge in [-0.2, -0.15) is 0 Å². The summed E-state index contributed by atoms with van der Waals surface area (Å²) >= 11 is 0. The van der Waals surface area contributed by atoms with Crippen molar-refractivity contribution in [3.05, 3.63) is 71.3 Å². The Morgan fingerprint density at radius 1 is 1.09 bits per heavy atom. The summed E-state index contributed by atoms with van der Waals surface area (Å²) in [6, 6.07) is 16.5. The Morgan fingerprint density at radius 2 is 1.82 bits per heavy atom. The van der Waals surface area contributed by atoms with Crippen LogP contribution in [0.15, 0.2) is 54.6 Å². The molecule has 3 rings (SSSR count). The first-order valence-corrected chi connectivity index (χ1v) is 7.82. The maximum Gasteiger partial charge on any atom is 0.251 e. The number of rotatable bonds is 3. The molecule has 0 aliphatic carbocycles. The molecule has 22 heavy (non-hydrogen) atoms. The lowest BCUT2D eigenvalue weighted by atomic mass is 10.0. The van der Waals surface area contributed by atoms with E-state index in [0.29, 0.717) is 5.92 Å². The van der Waals surface area contributed by atoms with Gasteiger partial charge in [0.2, 0.25) is 0 Å². The number of anilines is 1. The molecule has 0 saturated carbocycles. The van der Waals surface area contributed by atoms with Gasteiger partial charge in [0.15, 0.2) is 0 Å². The molecule has 1 aliphatic heterocycles. The van der Waals surface area contributed by atoms with Crippen LogP contribution in [0, 0.1) is 0 Å². The van der Waals surface area contributed by atoms with Crippen molar-refractivity contribution in [1.29, 1.82) is 0 Å². The molecule has 2 heteroatoms. The maximum atomic E-state index is 12.4. The van der Waals surface area contributed by atoms with E-state index in [-0.39, 0.29) is 5.91 Å². The van der Waals surface area contributed by atoms with E-state index in [1.165, 1.54) is 11.1 Å². The van der Waals surface area contributed by atoms with Crippen LogP contribution in [0.2, 0.25) is 0 Å². The summed E-state index contributed by atoms with van der Waals surface area (Å²) < 4.78 is 0. The monoisotopic (exact) mass is 291 g/mol. The van der Waals surface area contributed by atoms with Gasteiger partial charge < -0.3 is 4.90 Å². The molecule has 0 unspecified atom stereocenters. The van der Waals surface area contributed by atoms with Crippen LogP contribution in [0.3, 0.4) is 0 Å². The van der Waals surface area contributed by atoms with E-state index in [1.807, 2.05) is 29.2 Å². The van der Waals surface area contributed by atoms with Gasteiger partial charge in [-0.25, -0.2) is 0 Å². The Morgan fingerprint density at radius 3 is 2.55 bits per heavy atom. The molecule has 0 bridgehead atoms. The van der Waals surface area contributed by atoms with Crippen molar-refractivity contribution < 1.29 is 4.79 Å². The Labute approximate surface area is 132 Å². The number of fused-ring (bicyclic) bond motifs is 1. The molecule has 0 fully saturated rings. The third-order valence-corrected chi connectivity index (χ3v) is 4.17. The first kappa shape index (κ1) is 14.6. The average Bonchev–Trinajstić information content (AvgIpc) is 2.97. The van der Waals surface area contributed by atoms with Crippen molar-refractivity contribution in [2.45, 2.75) is 26.2 Å². The molecule has 0 spiro atoms. The first-order valence-electron chi connectivity index (χ1n) is 7.82. The van der Waals surface area contributed by atoms with Crippen LogP contribution in [0.1, 0.15) is 36.5 Å². The highest BCUT2D eigenvalue weighted by Gasteiger charge is 2.22. The fourth-order valence-electron chi connectivity index (χ4n) is 2.82. The van der Waals surface area contributed by atoms with Crippen LogP contribution in [0.5, 0.6) is 0 Å². The number of benzene rings is 2. The second kappa shape index (κ2) is 6.18. The van der Waals surface area contributed by atoms with Crippen molar-refractivity contribution in [3.8, 4) is 0 Å². The number of carbonyl (C=O) groups excluding carboxylic acids is 1. The second-order valence-corrected chi connectivity index (χ2v) is 6.02. The Kier molecular flexibility index (Phi) is 4.10. The maximum absolute atomic E-state index is 12.4. The summed E-state index contributed by atoms with van der Waals surface area (Å²) in [5, 5.41) is 0. The molecule has 2 aromatic carbocycles. The van der Waals surface area contributed by atoms with Crippen molar-refractivity contribution in [2.24, 2.45) is 0 Å². The van der Waals surface area contributed by atoms with Crippen LogP contribution in [0.25, 0.3) is 6.08 Å². The predicted octanol–water partition coefficient (Wildman–Crippen LogP) is 4.41. The van der Waals surface area contributed by atoms with Gasteiger partial charge in [0.1, 0.15) is 0 Å². The number of carbonyl (C=O) groups is 1. The molecule has 0 atom stereocenters. The van der Waals surface area contributed by atoms with Crippen molar-refractivity contribution in [2.75, 3.05) is 11.4 Å². The number of nitrogens with zero attached hydrogens (tertiary/aromatic N) is 1. The van der Waals surface area contributed by atoms with Crippen molar-refractivity contribution >= 4 is 17.7 Å². The minimum atomic E-state index is 0.0536. The van der Waals surface area contributed by atoms with Gasteiger partial charge in [0.05, 0.1) is 0 Å². The van der Waals surface area contributed by atoms with Crippen molar-refractivity contribution in [1.82, 2.24) is 0 Å². The molecule has 1 aliphatic rings. The second-order valence-electron chi connectivity index (χ2n) is 6.02. The zero-order valence-corrected chi connectivity index (χ0v) is 13.1. The van der Waals surface area contributed by atoms with Crippen LogP contribution in [-0.2, 0) is 11.2 Å². The number of hydrogen-bond donors (Lipinski definition) is 0. The van der Waals surface area contributed by atoms with Crippen LogP contribution in [-0.4, -0.2) is 12.5 Å². The van der Waals surface area contributed by atoms with Crippen LogP contribution in [0.4, 0.5) is 5.69 Å². The topological polar surface area (TPSA) is 20.3 Å². The number of amides is 1. The SMILES string of the molecule is CC(C)c1ccc(/C=C/C(=O)N2CCc3ccccc32)cc1. The Balaban J connectivity index is 1.72. The molecule has 0 N–H and O–H groups in total. The fraction of sp³-hybridized carbons (Fsp3) is 0.250. The largest absolute Gasteiger partial charge is 0.308 e. The zero-order chi connectivity index (χ0) is 15.5. The molecule has 2 nitrogen and oxygen atoms in total. The third kappa shape index (κ3) is 2.96. The normalized spacial score (nSPS) is 13.9. The highest BCUT2D eigenvalue weighted by atomic mass is 16.2. The summed E-state index contributed by atoms with van der Waals surface area (Å²) in [5.74, 6) is 0.582. The predicted molar refractivity (Wildman–Crippen MR) is 92.1 cm³/mol. The van der Waals surface area contributed by atoms with Gasteiger partial charge in [-0.3, -0.25) is 4.79 Å². The summed E-state index contributed by atoms with van der Waals surface area (Å²) in [6.45, 7) is 5.13. The van der Waals surface area contributed by atoms with E-state index in [1.54, 1.807) is 6.08 Å². The molecule has 2 aromatic rings. The lowest BCUT2D eigenvalue weighted by Crippen LogP contribution is -2.26. The van der Waals surface area contributed by atoms with E-state index in [2.05, 4.69) is 44.2 Å². The van der Waals surface area contributed by atoms with E-state index < -0.39 is 0 Å². The Hall–Kier alpha value is -2.35. The summed E-state index contributed by atoms with van der Waals surface area (Å²) in [5.41, 5.74) is 4.68.